The molecule has 1 saturated heterocycles. The zero-order chi connectivity index (χ0) is 18.7. The number of hydrogen-bond acceptors (Lipinski definition) is 5. The molecule has 2 aromatic carbocycles. The molecule has 7 nitrogen and oxygen atoms in total. The number of carbonyl (C=O) groups excluding carboxylic acids is 1. The number of nitrogens with zero attached hydrogens (tertiary/aromatic N) is 1. The molecule has 1 aliphatic heterocycles. The number of nitrogens with one attached hydrogen (secondary N) is 1. The number of nitrogen functional groups attached to an aromatic ring is 1. The topological polar surface area (TPSA) is 113 Å². The minimum absolute atomic E-state index is 0.00568. The number of hydrogen-bond donors (Lipinski definition) is 3. The minimum Gasteiger partial charge on any atom is -0.399 e. The van der Waals surface area contributed by atoms with Crippen LogP contribution in [0.15, 0.2) is 48.5 Å². The largest absolute Gasteiger partial charge is 0.399 e. The van der Waals surface area contributed by atoms with Gasteiger partial charge in [-0.05, 0) is 41.7 Å². The van der Waals surface area contributed by atoms with Gasteiger partial charge in [-0.15, -0.1) is 0 Å². The molecule has 1 atom stereocenters. The average Bonchev–Trinajstić information content (AvgIpc) is 2.64. The zero-order valence-electron chi connectivity index (χ0n) is 14.1. The van der Waals surface area contributed by atoms with E-state index in [1.807, 2.05) is 48.5 Å². The van der Waals surface area contributed by atoms with Crippen molar-refractivity contribution in [2.75, 3.05) is 11.5 Å². The summed E-state index contributed by atoms with van der Waals surface area (Å²) in [7, 11) is -3.55. The lowest BCUT2D eigenvalue weighted by molar-refractivity contribution is -0.133. The number of rotatable bonds is 4. The van der Waals surface area contributed by atoms with E-state index in [4.69, 9.17) is 10.9 Å². The van der Waals surface area contributed by atoms with Gasteiger partial charge in [-0.25, -0.2) is 13.9 Å². The van der Waals surface area contributed by atoms with Crippen LogP contribution in [0.2, 0.25) is 0 Å². The second kappa shape index (κ2) is 7.45. The molecule has 0 saturated carbocycles. The molecule has 0 aliphatic carbocycles. The molecule has 2 aromatic rings. The van der Waals surface area contributed by atoms with E-state index in [9.17, 15) is 13.2 Å². The van der Waals surface area contributed by atoms with Crippen molar-refractivity contribution >= 4 is 21.6 Å². The number of nitrogens with two attached hydrogens (primary N) is 1. The van der Waals surface area contributed by atoms with Gasteiger partial charge in [-0.2, -0.15) is 4.31 Å². The molecule has 1 aliphatic rings. The van der Waals surface area contributed by atoms with Gasteiger partial charge >= 0.3 is 0 Å². The van der Waals surface area contributed by atoms with Crippen molar-refractivity contribution in [3.05, 3.63) is 54.1 Å². The van der Waals surface area contributed by atoms with Crippen molar-refractivity contribution in [1.82, 2.24) is 9.79 Å². The third-order valence-corrected chi connectivity index (χ3v) is 6.44. The van der Waals surface area contributed by atoms with Gasteiger partial charge in [0.05, 0.1) is 5.75 Å². The third-order valence-electron chi connectivity index (χ3n) is 4.53. The monoisotopic (exact) mass is 375 g/mol. The molecule has 138 valence electrons. The lowest BCUT2D eigenvalue weighted by atomic mass is 10.0. The van der Waals surface area contributed by atoms with Crippen LogP contribution in [0.1, 0.15) is 18.4 Å². The smallest absolute Gasteiger partial charge is 0.261 e. The fourth-order valence-corrected chi connectivity index (χ4v) is 4.82. The van der Waals surface area contributed by atoms with E-state index in [0.29, 0.717) is 18.5 Å². The number of benzene rings is 2. The molecule has 26 heavy (non-hydrogen) atoms. The number of amides is 1. The quantitative estimate of drug-likeness (QED) is 0.428. The predicted molar refractivity (Wildman–Crippen MR) is 98.6 cm³/mol. The van der Waals surface area contributed by atoms with Crippen LogP contribution >= 0.6 is 0 Å². The molecule has 0 radical (unpaired) electrons. The Morgan fingerprint density at radius 3 is 2.27 bits per heavy atom. The maximum atomic E-state index is 12.4. The van der Waals surface area contributed by atoms with Crippen molar-refractivity contribution < 1.29 is 18.4 Å². The average molecular weight is 375 g/mol. The fraction of sp³-hybridized carbons (Fsp3) is 0.278. The Bertz CT molecular complexity index is 880. The first-order valence-corrected chi connectivity index (χ1v) is 9.90. The summed E-state index contributed by atoms with van der Waals surface area (Å²) >= 11 is 0. The van der Waals surface area contributed by atoms with Crippen LogP contribution in [0.4, 0.5) is 5.69 Å². The van der Waals surface area contributed by atoms with Gasteiger partial charge in [-0.3, -0.25) is 10.0 Å². The summed E-state index contributed by atoms with van der Waals surface area (Å²) in [6.45, 7) is 0.0858. The molecule has 0 spiro atoms. The van der Waals surface area contributed by atoms with E-state index < -0.39 is 22.0 Å². The molecular formula is C18H21N3O4S. The van der Waals surface area contributed by atoms with Gasteiger partial charge < -0.3 is 5.73 Å². The first-order chi connectivity index (χ1) is 12.4. The zero-order valence-corrected chi connectivity index (χ0v) is 14.9. The van der Waals surface area contributed by atoms with Gasteiger partial charge in [0.2, 0.25) is 10.0 Å². The Morgan fingerprint density at radius 1 is 1.12 bits per heavy atom. The number of sulfonamides is 1. The highest BCUT2D eigenvalue weighted by Crippen LogP contribution is 2.25. The summed E-state index contributed by atoms with van der Waals surface area (Å²) in [5.74, 6) is -0.696. The van der Waals surface area contributed by atoms with Crippen molar-refractivity contribution in [1.29, 1.82) is 0 Å². The first kappa shape index (κ1) is 18.4. The number of anilines is 1. The molecule has 4 N–H and O–H groups in total. The van der Waals surface area contributed by atoms with Crippen LogP contribution in [0, 0.1) is 0 Å². The van der Waals surface area contributed by atoms with E-state index in [0.717, 1.165) is 16.7 Å². The standard InChI is InChI=1S/C18H21N3O4S/c19-16-9-7-15(8-10-16)14-5-3-13(4-6-14)12-21-17(18(22)20-23)2-1-11-26(21,24)25/h3-10,17,23H,1-2,11-12,19H2,(H,20,22)/t17-/m0/s1. The van der Waals surface area contributed by atoms with Gasteiger partial charge in [-0.1, -0.05) is 36.4 Å². The molecule has 1 fully saturated rings. The molecule has 0 aromatic heterocycles. The summed E-state index contributed by atoms with van der Waals surface area (Å²) in [4.78, 5) is 11.8. The molecular weight excluding hydrogens is 354 g/mol. The van der Waals surface area contributed by atoms with E-state index in [-0.39, 0.29) is 12.3 Å². The summed E-state index contributed by atoms with van der Waals surface area (Å²) in [5, 5.41) is 8.89. The maximum Gasteiger partial charge on any atom is 0.261 e. The van der Waals surface area contributed by atoms with E-state index in [1.54, 1.807) is 5.48 Å². The van der Waals surface area contributed by atoms with E-state index in [2.05, 4.69) is 0 Å². The highest BCUT2D eigenvalue weighted by atomic mass is 32.2. The second-order valence-electron chi connectivity index (χ2n) is 6.31. The fourth-order valence-electron chi connectivity index (χ4n) is 3.12. The van der Waals surface area contributed by atoms with Gasteiger partial charge in [0.15, 0.2) is 0 Å². The Balaban J connectivity index is 1.82. The Labute approximate surface area is 152 Å². The maximum absolute atomic E-state index is 12.4. The third kappa shape index (κ3) is 3.87. The normalized spacial score (nSPS) is 19.8. The Hall–Kier alpha value is -2.42. The van der Waals surface area contributed by atoms with Gasteiger partial charge in [0, 0.05) is 12.2 Å². The summed E-state index contributed by atoms with van der Waals surface area (Å²) < 4.78 is 25.9. The van der Waals surface area contributed by atoms with Crippen molar-refractivity contribution in [2.24, 2.45) is 0 Å². The molecule has 0 bridgehead atoms. The number of carbonyl (C=O) groups is 1. The molecule has 0 unspecified atom stereocenters. The van der Waals surface area contributed by atoms with E-state index in [1.165, 1.54) is 4.31 Å². The first-order valence-electron chi connectivity index (χ1n) is 8.29. The highest BCUT2D eigenvalue weighted by molar-refractivity contribution is 7.89. The molecule has 8 heteroatoms. The highest BCUT2D eigenvalue weighted by Gasteiger charge is 2.38. The van der Waals surface area contributed by atoms with E-state index >= 15 is 0 Å². The van der Waals surface area contributed by atoms with Crippen LogP contribution < -0.4 is 11.2 Å². The minimum atomic E-state index is -3.55. The van der Waals surface area contributed by atoms with Crippen molar-refractivity contribution in [3.8, 4) is 11.1 Å². The molecule has 1 heterocycles. The lowest BCUT2D eigenvalue weighted by Crippen LogP contribution is -2.51. The van der Waals surface area contributed by atoms with Gasteiger partial charge in [0.25, 0.3) is 5.91 Å². The van der Waals surface area contributed by atoms with Crippen LogP contribution in [0.5, 0.6) is 0 Å². The van der Waals surface area contributed by atoms with Crippen molar-refractivity contribution in [2.45, 2.75) is 25.4 Å². The van der Waals surface area contributed by atoms with Crippen LogP contribution in [-0.2, 0) is 21.4 Å². The second-order valence-corrected chi connectivity index (χ2v) is 8.36. The molecule has 1 amide bonds. The van der Waals surface area contributed by atoms with Crippen molar-refractivity contribution in [3.63, 3.8) is 0 Å². The predicted octanol–water partition coefficient (Wildman–Crippen LogP) is 1.74. The Kier molecular flexibility index (Phi) is 5.26. The van der Waals surface area contributed by atoms with Gasteiger partial charge in [0.1, 0.15) is 6.04 Å². The number of hydroxylamine groups is 1. The van der Waals surface area contributed by atoms with Crippen LogP contribution in [0.3, 0.4) is 0 Å². The summed E-state index contributed by atoms with van der Waals surface area (Å²) in [5.41, 5.74) is 10.7. The Morgan fingerprint density at radius 2 is 1.69 bits per heavy atom. The summed E-state index contributed by atoms with van der Waals surface area (Å²) in [6, 6.07) is 14.1. The summed E-state index contributed by atoms with van der Waals surface area (Å²) in [6.07, 6.45) is 0.780. The van der Waals surface area contributed by atoms with Crippen LogP contribution in [-0.4, -0.2) is 35.6 Å². The molecule has 3 rings (SSSR count). The SMILES string of the molecule is Nc1ccc(-c2ccc(CN3[C@H](C(=O)NO)CCCS3(=O)=O)cc2)cc1. The lowest BCUT2D eigenvalue weighted by Gasteiger charge is -2.33. The van der Waals surface area contributed by atoms with Crippen LogP contribution in [0.25, 0.3) is 11.1 Å².